The van der Waals surface area contributed by atoms with E-state index in [9.17, 15) is 13.2 Å². The van der Waals surface area contributed by atoms with E-state index < -0.39 is 16.0 Å². The summed E-state index contributed by atoms with van der Waals surface area (Å²) in [6, 6.07) is 7.74. The number of morpholine rings is 1. The highest BCUT2D eigenvalue weighted by Gasteiger charge is 2.26. The number of ether oxygens (including phenoxy) is 2. The maximum Gasteiger partial charge on any atom is 0.350 e. The Morgan fingerprint density at radius 1 is 1.33 bits per heavy atom. The molecule has 8 nitrogen and oxygen atoms in total. The molecule has 1 heterocycles. The van der Waals surface area contributed by atoms with E-state index in [0.717, 1.165) is 0 Å². The molecule has 24 heavy (non-hydrogen) atoms. The third-order valence-electron chi connectivity index (χ3n) is 3.37. The van der Waals surface area contributed by atoms with Gasteiger partial charge in [-0.15, -0.1) is 0 Å². The zero-order valence-electron chi connectivity index (χ0n) is 13.1. The molecule has 0 radical (unpaired) electrons. The van der Waals surface area contributed by atoms with Gasteiger partial charge in [0.2, 0.25) is 10.0 Å². The molecule has 1 aromatic rings. The Balaban J connectivity index is 2.12. The Kier molecular flexibility index (Phi) is 5.92. The van der Waals surface area contributed by atoms with Crippen LogP contribution in [0.15, 0.2) is 40.9 Å². The molecule has 0 bridgehead atoms. The summed E-state index contributed by atoms with van der Waals surface area (Å²) in [5, 5.41) is 11.6. The molecule has 9 heteroatoms. The molecule has 0 amide bonds. The molecule has 0 aromatic heterocycles. The zero-order valence-corrected chi connectivity index (χ0v) is 13.9. The molecule has 0 saturated carbocycles. The summed E-state index contributed by atoms with van der Waals surface area (Å²) < 4.78 is 35.9. The van der Waals surface area contributed by atoms with Crippen molar-refractivity contribution < 1.29 is 22.7 Å². The topological polar surface area (TPSA) is 109 Å². The van der Waals surface area contributed by atoms with Crippen LogP contribution >= 0.6 is 0 Å². The van der Waals surface area contributed by atoms with Crippen LogP contribution in [-0.4, -0.2) is 52.1 Å². The van der Waals surface area contributed by atoms with E-state index in [1.165, 1.54) is 29.7 Å². The van der Waals surface area contributed by atoms with Crippen molar-refractivity contribution in [3.05, 3.63) is 36.0 Å². The second-order valence-corrected chi connectivity index (χ2v) is 6.78. The van der Waals surface area contributed by atoms with Crippen molar-refractivity contribution >= 4 is 21.7 Å². The molecule has 1 aliphatic heterocycles. The first-order valence-electron chi connectivity index (χ1n) is 7.12. The quantitative estimate of drug-likeness (QED) is 0.472. The molecule has 1 fully saturated rings. The summed E-state index contributed by atoms with van der Waals surface area (Å²) in [4.78, 5) is 11.5. The van der Waals surface area contributed by atoms with Gasteiger partial charge in [-0.3, -0.25) is 0 Å². The van der Waals surface area contributed by atoms with Gasteiger partial charge in [-0.05, 0) is 24.3 Å². The second-order valence-electron chi connectivity index (χ2n) is 4.85. The van der Waals surface area contributed by atoms with E-state index in [0.29, 0.717) is 32.0 Å². The van der Waals surface area contributed by atoms with Crippen LogP contribution in [0.2, 0.25) is 0 Å². The largest absolute Gasteiger partial charge is 0.465 e. The standard InChI is InChI=1S/C15H17N3O5S/c1-22-15(19)12(10-16)11-17-13-2-4-14(5-3-13)24(20,21)18-6-8-23-9-7-18/h2-5,11,17H,6-9H2,1H3/b12-11+. The van der Waals surface area contributed by atoms with E-state index in [1.54, 1.807) is 18.2 Å². The highest BCUT2D eigenvalue weighted by Crippen LogP contribution is 2.19. The summed E-state index contributed by atoms with van der Waals surface area (Å²) in [5.74, 6) is -0.753. The number of rotatable bonds is 5. The average Bonchev–Trinajstić information content (AvgIpc) is 2.63. The number of benzene rings is 1. The smallest absolute Gasteiger partial charge is 0.350 e. The van der Waals surface area contributed by atoms with E-state index in [2.05, 4.69) is 10.1 Å². The molecule has 1 aliphatic rings. The van der Waals surface area contributed by atoms with E-state index in [1.807, 2.05) is 0 Å². The molecule has 2 rings (SSSR count). The predicted octanol–water partition coefficient (Wildman–Crippen LogP) is 0.700. The highest BCUT2D eigenvalue weighted by atomic mass is 32.2. The monoisotopic (exact) mass is 351 g/mol. The van der Waals surface area contributed by atoms with Crippen LogP contribution in [0.5, 0.6) is 0 Å². The lowest BCUT2D eigenvalue weighted by molar-refractivity contribution is -0.135. The first-order valence-corrected chi connectivity index (χ1v) is 8.56. The SMILES string of the molecule is COC(=O)/C(C#N)=C/Nc1ccc(S(=O)(=O)N2CCOCC2)cc1. The van der Waals surface area contributed by atoms with Crippen molar-refractivity contribution in [3.63, 3.8) is 0 Å². The molecule has 1 aromatic carbocycles. The van der Waals surface area contributed by atoms with Crippen LogP contribution in [-0.2, 0) is 24.3 Å². The van der Waals surface area contributed by atoms with Crippen molar-refractivity contribution in [1.82, 2.24) is 4.31 Å². The molecule has 0 unspecified atom stereocenters. The highest BCUT2D eigenvalue weighted by molar-refractivity contribution is 7.89. The van der Waals surface area contributed by atoms with Crippen molar-refractivity contribution in [2.75, 3.05) is 38.7 Å². The first kappa shape index (κ1) is 17.9. The van der Waals surface area contributed by atoms with E-state index in [4.69, 9.17) is 10.00 Å². The number of nitrogens with zero attached hydrogens (tertiary/aromatic N) is 2. The molecular formula is C15H17N3O5S. The van der Waals surface area contributed by atoms with Crippen LogP contribution in [0.4, 0.5) is 5.69 Å². The van der Waals surface area contributed by atoms with Gasteiger partial charge in [0.05, 0.1) is 25.2 Å². The Morgan fingerprint density at radius 3 is 2.50 bits per heavy atom. The number of methoxy groups -OCH3 is 1. The molecule has 128 valence electrons. The Hall–Kier alpha value is -2.41. The Morgan fingerprint density at radius 2 is 1.96 bits per heavy atom. The molecular weight excluding hydrogens is 334 g/mol. The molecule has 0 atom stereocenters. The maximum atomic E-state index is 12.5. The number of carbonyl (C=O) groups excluding carboxylic acids is 1. The normalized spacial score (nSPS) is 16.2. The van der Waals surface area contributed by atoms with Crippen LogP contribution in [0.25, 0.3) is 0 Å². The number of nitriles is 1. The van der Waals surface area contributed by atoms with Gasteiger partial charge in [0.1, 0.15) is 6.07 Å². The minimum absolute atomic E-state index is 0.174. The van der Waals surface area contributed by atoms with Crippen LogP contribution in [0, 0.1) is 11.3 Å². The number of nitrogens with one attached hydrogen (secondary N) is 1. The number of esters is 1. The van der Waals surface area contributed by atoms with E-state index in [-0.39, 0.29) is 10.5 Å². The lowest BCUT2D eigenvalue weighted by Gasteiger charge is -2.26. The Bertz CT molecular complexity index is 759. The molecule has 0 aliphatic carbocycles. The minimum Gasteiger partial charge on any atom is -0.465 e. The number of sulfonamides is 1. The van der Waals surface area contributed by atoms with Gasteiger partial charge in [0.25, 0.3) is 0 Å². The van der Waals surface area contributed by atoms with Crippen LogP contribution < -0.4 is 5.32 Å². The lowest BCUT2D eigenvalue weighted by atomic mass is 10.3. The minimum atomic E-state index is -3.55. The number of hydrogen-bond acceptors (Lipinski definition) is 7. The van der Waals surface area contributed by atoms with Crippen molar-refractivity contribution in [2.45, 2.75) is 4.90 Å². The molecule has 1 saturated heterocycles. The predicted molar refractivity (Wildman–Crippen MR) is 85.4 cm³/mol. The number of anilines is 1. The third kappa shape index (κ3) is 4.11. The number of carbonyl (C=O) groups is 1. The zero-order chi connectivity index (χ0) is 17.6. The van der Waals surface area contributed by atoms with Crippen molar-refractivity contribution in [2.24, 2.45) is 0 Å². The van der Waals surface area contributed by atoms with Crippen LogP contribution in [0.3, 0.4) is 0 Å². The third-order valence-corrected chi connectivity index (χ3v) is 5.28. The summed E-state index contributed by atoms with van der Waals surface area (Å²) in [5.41, 5.74) is 0.343. The lowest BCUT2D eigenvalue weighted by Crippen LogP contribution is -2.40. The van der Waals surface area contributed by atoms with Crippen molar-refractivity contribution in [1.29, 1.82) is 5.26 Å². The summed E-state index contributed by atoms with van der Waals surface area (Å²) >= 11 is 0. The Labute approximate surface area is 140 Å². The van der Waals surface area contributed by atoms with Gasteiger partial charge in [-0.2, -0.15) is 9.57 Å². The summed E-state index contributed by atoms with van der Waals surface area (Å²) in [6.45, 7) is 1.42. The van der Waals surface area contributed by atoms with Gasteiger partial charge in [-0.25, -0.2) is 13.2 Å². The van der Waals surface area contributed by atoms with Crippen molar-refractivity contribution in [3.8, 4) is 6.07 Å². The summed E-state index contributed by atoms with van der Waals surface area (Å²) in [7, 11) is -2.37. The van der Waals surface area contributed by atoms with Gasteiger partial charge < -0.3 is 14.8 Å². The van der Waals surface area contributed by atoms with Gasteiger partial charge in [-0.1, -0.05) is 0 Å². The fraction of sp³-hybridized carbons (Fsp3) is 0.333. The van der Waals surface area contributed by atoms with Gasteiger partial charge in [0, 0.05) is 25.0 Å². The fourth-order valence-corrected chi connectivity index (χ4v) is 3.47. The van der Waals surface area contributed by atoms with E-state index >= 15 is 0 Å². The molecule has 1 N–H and O–H groups in total. The second kappa shape index (κ2) is 7.92. The maximum absolute atomic E-state index is 12.5. The average molecular weight is 351 g/mol. The fourth-order valence-electron chi connectivity index (χ4n) is 2.06. The van der Waals surface area contributed by atoms with Gasteiger partial charge >= 0.3 is 5.97 Å². The van der Waals surface area contributed by atoms with Gasteiger partial charge in [0.15, 0.2) is 5.57 Å². The first-order chi connectivity index (χ1) is 11.5. The molecule has 0 spiro atoms. The number of hydrogen-bond donors (Lipinski definition) is 1. The van der Waals surface area contributed by atoms with Crippen LogP contribution in [0.1, 0.15) is 0 Å². The summed E-state index contributed by atoms with van der Waals surface area (Å²) in [6.07, 6.45) is 1.21.